The number of sulfonamides is 1. The number of morpholine rings is 1. The van der Waals surface area contributed by atoms with Crippen LogP contribution in [0.2, 0.25) is 0 Å². The number of benzene rings is 3. The minimum atomic E-state index is -4.71. The number of anilines is 4. The van der Waals surface area contributed by atoms with Crippen LogP contribution >= 0.6 is 0 Å². The highest BCUT2D eigenvalue weighted by atomic mass is 32.2. The Morgan fingerprint density at radius 2 is 1.71 bits per heavy atom. The van der Waals surface area contributed by atoms with Gasteiger partial charge < -0.3 is 43.8 Å². The number of pyridine rings is 1. The fourth-order valence-electron chi connectivity index (χ4n) is 13.0. The number of hydrogen-bond donors (Lipinski definition) is 3. The second-order valence-electron chi connectivity index (χ2n) is 22.6. The van der Waals surface area contributed by atoms with Crippen molar-refractivity contribution in [1.29, 1.82) is 0 Å². The van der Waals surface area contributed by atoms with Crippen LogP contribution in [0.5, 0.6) is 17.4 Å². The minimum Gasteiger partial charge on any atom is -0.491 e. The number of fused-ring (bicyclic) bond motifs is 4. The molecule has 3 aromatic carbocycles. The number of para-hydroxylation sites is 1. The summed E-state index contributed by atoms with van der Waals surface area (Å²) in [6.45, 7) is 17.4. The molecule has 12 rings (SSSR count). The van der Waals surface area contributed by atoms with E-state index < -0.39 is 37.5 Å². The molecule has 1 saturated carbocycles. The Morgan fingerprint density at radius 3 is 2.49 bits per heavy atom. The summed E-state index contributed by atoms with van der Waals surface area (Å²) in [6, 6.07) is 20.5. The molecule has 1 spiro atoms. The molecule has 5 fully saturated rings. The number of aromatic amines is 1. The lowest BCUT2D eigenvalue weighted by molar-refractivity contribution is -0.384. The summed E-state index contributed by atoms with van der Waals surface area (Å²) >= 11 is 0. The third kappa shape index (κ3) is 10.1. The van der Waals surface area contributed by atoms with Gasteiger partial charge in [-0.25, -0.2) is 13.1 Å². The van der Waals surface area contributed by atoms with Crippen LogP contribution in [0.4, 0.5) is 28.4 Å². The first-order valence-electron chi connectivity index (χ1n) is 27.4. The van der Waals surface area contributed by atoms with Crippen LogP contribution in [0.1, 0.15) is 81.8 Å². The first-order chi connectivity index (χ1) is 37.2. The van der Waals surface area contributed by atoms with Gasteiger partial charge in [0.2, 0.25) is 5.88 Å². The number of carbonyl (C=O) groups is 1. The molecule has 7 aliphatic rings. The Bertz CT molecular complexity index is 3130. The highest BCUT2D eigenvalue weighted by Gasteiger charge is 2.50. The molecular weight excluding hydrogens is 1000 g/mol. The van der Waals surface area contributed by atoms with E-state index in [1.54, 1.807) is 6.07 Å². The number of hydrogen-bond acceptors (Lipinski definition) is 17. The zero-order chi connectivity index (χ0) is 53.2. The van der Waals surface area contributed by atoms with Crippen molar-refractivity contribution < 1.29 is 41.8 Å². The fraction of sp³-hybridized carbons (Fsp3) is 0.536. The van der Waals surface area contributed by atoms with Gasteiger partial charge in [0, 0.05) is 106 Å². The standard InChI is InChI=1S/C56H70N10O10S/c1-35(2)62-20-18-61(19-21-62)31-38-32-74-50-28-41(27-46(66(68)69)52(50)58-38)77(70,71)60-54(67)43-10-9-39(26-45(43)65-44-12-23-72-34-51(44)76-55-47(65)25-37-11-15-57-53(37)59-55)63-16-13-56(14-17-63)29-40(30-56)64-22-24-73-33-48(64)42-7-5-6-8-49(42)75-36(3)4/h5-11,15,25-28,35-36,38,40,44,48,51,58H,12-14,16-24,29-34H2,1-4H3,(H,57,59)(H,60,67)/t38-,44-,48-,51-/m0/s1. The Hall–Kier alpha value is -6.23. The maximum atomic E-state index is 14.9. The zero-order valence-electron chi connectivity index (χ0n) is 44.3. The number of ether oxygens (including phenoxy) is 5. The number of H-pyrrole nitrogens is 1. The van der Waals surface area contributed by atoms with Gasteiger partial charge >= 0.3 is 0 Å². The molecule has 1 amide bonds. The van der Waals surface area contributed by atoms with Gasteiger partial charge in [0.15, 0.2) is 11.4 Å². The van der Waals surface area contributed by atoms with Crippen molar-refractivity contribution in [3.05, 3.63) is 94.2 Å². The molecule has 3 N–H and O–H groups in total. The Labute approximate surface area is 449 Å². The van der Waals surface area contributed by atoms with Crippen molar-refractivity contribution in [2.45, 2.75) is 107 Å². The number of amides is 1. The topological polar surface area (TPSA) is 209 Å². The van der Waals surface area contributed by atoms with E-state index in [9.17, 15) is 23.3 Å². The highest BCUT2D eigenvalue weighted by Crippen LogP contribution is 2.54. The molecule has 77 heavy (non-hydrogen) atoms. The van der Waals surface area contributed by atoms with Gasteiger partial charge in [-0.05, 0) is 102 Å². The van der Waals surface area contributed by atoms with Crippen LogP contribution in [0.15, 0.2) is 77.8 Å². The number of aromatic nitrogens is 2. The smallest absolute Gasteiger partial charge is 0.297 e. The molecule has 8 heterocycles. The Kier molecular flexibility index (Phi) is 14.0. The number of nitrogens with zero attached hydrogens (tertiary/aromatic N) is 7. The summed E-state index contributed by atoms with van der Waals surface area (Å²) in [5.74, 6) is 0.412. The van der Waals surface area contributed by atoms with E-state index in [2.05, 4.69) is 85.4 Å². The van der Waals surface area contributed by atoms with Crippen LogP contribution in [-0.4, -0.2) is 166 Å². The Balaban J connectivity index is 0.811. The quantitative estimate of drug-likeness (QED) is 0.0794. The first-order valence-corrected chi connectivity index (χ1v) is 28.9. The highest BCUT2D eigenvalue weighted by molar-refractivity contribution is 7.90. The molecule has 410 valence electrons. The monoisotopic (exact) mass is 1070 g/mol. The van der Waals surface area contributed by atoms with Crippen molar-refractivity contribution in [2.24, 2.45) is 5.41 Å². The minimum absolute atomic E-state index is 0.0287. The van der Waals surface area contributed by atoms with E-state index in [0.29, 0.717) is 74.4 Å². The summed E-state index contributed by atoms with van der Waals surface area (Å²) in [7, 11) is -4.71. The predicted molar refractivity (Wildman–Crippen MR) is 291 cm³/mol. The number of piperazine rings is 1. The predicted octanol–water partition coefficient (Wildman–Crippen LogP) is 7.09. The maximum Gasteiger partial charge on any atom is 0.297 e. The van der Waals surface area contributed by atoms with Crippen LogP contribution in [0, 0.1) is 15.5 Å². The van der Waals surface area contributed by atoms with Gasteiger partial charge in [-0.3, -0.25) is 29.6 Å². The summed E-state index contributed by atoms with van der Waals surface area (Å²) in [4.78, 5) is 46.3. The van der Waals surface area contributed by atoms with Crippen molar-refractivity contribution in [1.82, 2.24) is 29.4 Å². The number of nitro benzene ring substituents is 1. The van der Waals surface area contributed by atoms with Gasteiger partial charge in [0.05, 0.1) is 65.1 Å². The fourth-order valence-corrected chi connectivity index (χ4v) is 14.0. The van der Waals surface area contributed by atoms with E-state index in [-0.39, 0.29) is 53.3 Å². The zero-order valence-corrected chi connectivity index (χ0v) is 45.1. The summed E-state index contributed by atoms with van der Waals surface area (Å²) in [5, 5.41) is 16.8. The normalized spacial score (nSPS) is 24.1. The number of carbonyl (C=O) groups excluding carboxylic acids is 1. The van der Waals surface area contributed by atoms with Gasteiger partial charge in [0.1, 0.15) is 29.8 Å². The lowest BCUT2D eigenvalue weighted by atomic mass is 9.59. The molecule has 20 nitrogen and oxygen atoms in total. The van der Waals surface area contributed by atoms with E-state index in [4.69, 9.17) is 28.7 Å². The van der Waals surface area contributed by atoms with Crippen molar-refractivity contribution in [3.63, 3.8) is 0 Å². The number of nitro groups is 1. The van der Waals surface area contributed by atoms with E-state index >= 15 is 0 Å². The van der Waals surface area contributed by atoms with Crippen LogP contribution in [0.3, 0.4) is 0 Å². The van der Waals surface area contributed by atoms with Gasteiger partial charge in [-0.15, -0.1) is 0 Å². The third-order valence-electron chi connectivity index (χ3n) is 17.1. The number of nitrogens with one attached hydrogen (secondary N) is 3. The van der Waals surface area contributed by atoms with E-state index in [0.717, 1.165) is 94.4 Å². The van der Waals surface area contributed by atoms with E-state index in [1.807, 2.05) is 36.5 Å². The van der Waals surface area contributed by atoms with Crippen molar-refractivity contribution in [3.8, 4) is 17.4 Å². The molecule has 4 saturated heterocycles. The second-order valence-corrected chi connectivity index (χ2v) is 24.2. The van der Waals surface area contributed by atoms with Gasteiger partial charge in [0.25, 0.3) is 21.6 Å². The number of rotatable bonds is 13. The molecule has 0 bridgehead atoms. The molecule has 21 heteroatoms. The lowest BCUT2D eigenvalue weighted by Gasteiger charge is -2.57. The SMILES string of the molecule is CC(C)Oc1ccccc1[C@@H]1COCCN1C1CC2(CCN(c3ccc(C(=O)NS(=O)(=O)c4cc5c(c([N+](=O)[O-])c4)N[C@@H](CN4CCN(C(C)C)CC4)CO5)c(N4c5cc6cc[nH]c6nc5O[C@H]5COCC[C@@H]54)c3)CC2)C1. The summed E-state index contributed by atoms with van der Waals surface area (Å²) < 4.78 is 62.1. The van der Waals surface area contributed by atoms with Crippen molar-refractivity contribution in [2.75, 3.05) is 101 Å². The first kappa shape index (κ1) is 51.5. The average Bonchev–Trinajstić information content (AvgIpc) is 3.96. The van der Waals surface area contributed by atoms with Crippen LogP contribution < -0.4 is 34.0 Å². The maximum absolute atomic E-state index is 14.9. The average molecular weight is 1080 g/mol. The molecule has 6 aliphatic heterocycles. The largest absolute Gasteiger partial charge is 0.491 e. The molecule has 1 aliphatic carbocycles. The van der Waals surface area contributed by atoms with Crippen molar-refractivity contribution >= 4 is 55.4 Å². The second kappa shape index (κ2) is 20.9. The third-order valence-corrected chi connectivity index (χ3v) is 18.4. The molecule has 2 aromatic heterocycles. The lowest BCUT2D eigenvalue weighted by Crippen LogP contribution is -2.57. The summed E-state index contributed by atoms with van der Waals surface area (Å²) in [6.07, 6.45) is 6.21. The van der Waals surface area contributed by atoms with E-state index in [1.165, 1.54) is 11.6 Å². The molecule has 4 atom stereocenters. The molecule has 0 radical (unpaired) electrons. The van der Waals surface area contributed by atoms with Gasteiger partial charge in [-0.2, -0.15) is 4.98 Å². The number of piperidine rings is 1. The Morgan fingerprint density at radius 1 is 0.922 bits per heavy atom. The summed E-state index contributed by atoms with van der Waals surface area (Å²) in [5.41, 5.74) is 3.79. The van der Waals surface area contributed by atoms with Crippen LogP contribution in [0.25, 0.3) is 11.0 Å². The molecular formula is C56H70N10O10S. The van der Waals surface area contributed by atoms with Crippen LogP contribution in [-0.2, 0) is 19.5 Å². The molecule has 0 unspecified atom stereocenters. The van der Waals surface area contributed by atoms with Gasteiger partial charge in [-0.1, -0.05) is 18.2 Å². The molecule has 5 aromatic rings.